The summed E-state index contributed by atoms with van der Waals surface area (Å²) in [5.74, 6) is -1.72. The molecule has 0 fully saturated rings. The average Bonchev–Trinajstić information content (AvgIpc) is 3.93. The van der Waals surface area contributed by atoms with Crippen molar-refractivity contribution in [3.63, 3.8) is 0 Å². The molecule has 19 heteroatoms. The van der Waals surface area contributed by atoms with Crippen molar-refractivity contribution in [3.05, 3.63) is 81.9 Å². The third kappa shape index (κ3) is 9.30. The zero-order valence-corrected chi connectivity index (χ0v) is 35.2. The molecule has 19 nitrogen and oxygen atoms in total. The van der Waals surface area contributed by atoms with E-state index in [4.69, 9.17) is 26.2 Å². The summed E-state index contributed by atoms with van der Waals surface area (Å²) < 4.78 is 12.8. The molecule has 0 saturated carbocycles. The molecule has 4 aromatic heterocycles. The largest absolute Gasteiger partial charge is 0.444 e. The summed E-state index contributed by atoms with van der Waals surface area (Å²) in [6.07, 6.45) is 2.20. The highest BCUT2D eigenvalue weighted by molar-refractivity contribution is 6.05. The zero-order valence-electron chi connectivity index (χ0n) is 35.2. The zero-order chi connectivity index (χ0) is 43.7. The number of nitrogens with one attached hydrogen (secondary N) is 2. The second kappa shape index (κ2) is 17.9. The van der Waals surface area contributed by atoms with Gasteiger partial charge in [-0.25, -0.2) is 14.8 Å². The predicted octanol–water partition coefficient (Wildman–Crippen LogP) is 5.42. The van der Waals surface area contributed by atoms with Crippen LogP contribution >= 0.6 is 0 Å². The number of hydrogen-bond donors (Lipinski definition) is 4. The highest BCUT2D eigenvalue weighted by atomic mass is 16.6. The summed E-state index contributed by atoms with van der Waals surface area (Å²) in [6, 6.07) is 11.4. The van der Waals surface area contributed by atoms with Gasteiger partial charge in [-0.3, -0.25) is 39.2 Å². The van der Waals surface area contributed by atoms with Gasteiger partial charge in [0.15, 0.2) is 0 Å². The fourth-order valence-corrected chi connectivity index (χ4v) is 7.64. The number of hydrogen-bond acceptors (Lipinski definition) is 10. The highest BCUT2D eigenvalue weighted by Gasteiger charge is 2.27. The first-order chi connectivity index (χ1) is 29.0. The summed E-state index contributed by atoms with van der Waals surface area (Å²) in [4.78, 5) is 77.7. The van der Waals surface area contributed by atoms with Gasteiger partial charge in [0.1, 0.15) is 17.0 Å². The maximum atomic E-state index is 14.3. The predicted molar refractivity (Wildman–Crippen MR) is 234 cm³/mol. The van der Waals surface area contributed by atoms with Crippen molar-refractivity contribution in [2.24, 2.45) is 11.5 Å². The molecule has 0 aliphatic carbocycles. The summed E-state index contributed by atoms with van der Waals surface area (Å²) >= 11 is 0. The van der Waals surface area contributed by atoms with E-state index in [9.17, 15) is 24.0 Å². The van der Waals surface area contributed by atoms with Crippen LogP contribution in [0.5, 0.6) is 0 Å². The van der Waals surface area contributed by atoms with Crippen molar-refractivity contribution in [1.29, 1.82) is 0 Å². The number of fused-ring (bicyclic) bond motifs is 8. The van der Waals surface area contributed by atoms with Gasteiger partial charge in [-0.05, 0) is 103 Å². The summed E-state index contributed by atoms with van der Waals surface area (Å²) in [7, 11) is 0. The lowest BCUT2D eigenvalue weighted by Gasteiger charge is -2.28. The lowest BCUT2D eigenvalue weighted by molar-refractivity contribution is 0.0238. The van der Waals surface area contributed by atoms with E-state index < -0.39 is 35.3 Å². The van der Waals surface area contributed by atoms with Crippen molar-refractivity contribution in [3.8, 4) is 0 Å². The highest BCUT2D eigenvalue weighted by Crippen LogP contribution is 2.26. The minimum Gasteiger partial charge on any atom is -0.444 e. The number of nitrogens with zero attached hydrogens (tertiary/aromatic N) is 9. The van der Waals surface area contributed by atoms with Gasteiger partial charge in [-0.2, -0.15) is 10.2 Å². The maximum absolute atomic E-state index is 14.3. The molecule has 0 radical (unpaired) electrons. The van der Waals surface area contributed by atoms with Crippen molar-refractivity contribution >= 4 is 63.7 Å². The number of carbonyl (C=O) groups is 5. The summed E-state index contributed by atoms with van der Waals surface area (Å²) in [5, 5.41) is 15.3. The van der Waals surface area contributed by atoms with Gasteiger partial charge < -0.3 is 30.2 Å². The molecule has 5 amide bonds. The Morgan fingerprint density at radius 1 is 0.758 bits per heavy atom. The van der Waals surface area contributed by atoms with Gasteiger partial charge in [0.2, 0.25) is 23.7 Å². The van der Waals surface area contributed by atoms with Crippen LogP contribution in [0.2, 0.25) is 0 Å². The van der Waals surface area contributed by atoms with Crippen LogP contribution in [-0.2, 0) is 37.3 Å². The number of amides is 5. The Morgan fingerprint density at radius 3 is 1.85 bits per heavy atom. The fourth-order valence-electron chi connectivity index (χ4n) is 7.64. The summed E-state index contributed by atoms with van der Waals surface area (Å²) in [6.45, 7) is 12.3. The van der Waals surface area contributed by atoms with Crippen molar-refractivity contribution < 1.29 is 28.7 Å². The van der Waals surface area contributed by atoms with Crippen molar-refractivity contribution in [2.75, 3.05) is 23.7 Å². The van der Waals surface area contributed by atoms with Gasteiger partial charge in [-0.1, -0.05) is 13.8 Å². The third-order valence-electron chi connectivity index (χ3n) is 10.6. The first-order valence-corrected chi connectivity index (χ1v) is 20.3. The average molecular weight is 850 g/mol. The van der Waals surface area contributed by atoms with E-state index in [1.54, 1.807) is 81.7 Å². The van der Waals surface area contributed by atoms with Crippen LogP contribution in [0.3, 0.4) is 0 Å². The third-order valence-corrected chi connectivity index (χ3v) is 10.6. The molecule has 7 rings (SSSR count). The van der Waals surface area contributed by atoms with Crippen LogP contribution in [-0.4, -0.2) is 92.0 Å². The Bertz CT molecular complexity index is 2700. The van der Waals surface area contributed by atoms with Crippen LogP contribution in [0.1, 0.15) is 113 Å². The standard InChI is InChI=1S/C42H51N13O6.CH4/c1-7-54-34-28(25(3)50-54)11-9-8-10-16-55-33(21-24(2)49-55)37(58)47-39-45-29-22-26(35(43)56)12-14-31(29)52(39)19-17-51(41(60)61-42(4,5)6)18-20-53-32-15-13-27(36(44)57)23-30(32)46-40(53)48-38(34)59;/h12-15,21-23H,7-11,16-20H2,1-6H3,(H2,43,56)(H2,44,57)(H,45,47,58)(H,46,48,59);1H4. The Kier molecular flexibility index (Phi) is 12.8. The number of imidazole rings is 2. The van der Waals surface area contributed by atoms with Crippen molar-refractivity contribution in [2.45, 2.75) is 106 Å². The smallest absolute Gasteiger partial charge is 0.410 e. The SMILES string of the molecule is C.CCn1nc(C)c2c1C(=O)Nc1nc3cc(C(N)=O)ccc3n1CCN(C(=O)OC(C)(C)C)CCn1c(nc3cc(C(N)=O)ccc31)NC(=O)c1cc(C)nn1CCCCC2. The molecule has 1 aliphatic rings. The molecule has 6 aromatic rings. The molecule has 2 aromatic carbocycles. The number of nitrogens with two attached hydrogens (primary N) is 2. The van der Waals surface area contributed by atoms with Gasteiger partial charge in [-0.15, -0.1) is 0 Å². The molecule has 1 aliphatic heterocycles. The molecule has 0 atom stereocenters. The molecule has 62 heavy (non-hydrogen) atoms. The normalized spacial score (nSPS) is 14.6. The van der Waals surface area contributed by atoms with Crippen LogP contribution in [0.4, 0.5) is 16.7 Å². The molecule has 0 saturated heterocycles. The lowest BCUT2D eigenvalue weighted by atomic mass is 10.0. The van der Waals surface area contributed by atoms with E-state index in [-0.39, 0.29) is 56.6 Å². The quantitative estimate of drug-likeness (QED) is 0.176. The van der Waals surface area contributed by atoms with Gasteiger partial charge >= 0.3 is 6.09 Å². The number of carbonyl (C=O) groups excluding carboxylic acids is 5. The van der Waals surface area contributed by atoms with E-state index in [0.717, 1.165) is 24.1 Å². The first kappa shape index (κ1) is 44.5. The number of rotatable bonds is 3. The minimum atomic E-state index is -0.838. The van der Waals surface area contributed by atoms with E-state index >= 15 is 0 Å². The maximum Gasteiger partial charge on any atom is 0.410 e. The Hall–Kier alpha value is -7.05. The van der Waals surface area contributed by atoms with Crippen LogP contribution in [0.25, 0.3) is 22.1 Å². The molecule has 0 unspecified atom stereocenters. The molecule has 0 bridgehead atoms. The molecule has 0 spiro atoms. The number of benzene rings is 2. The van der Waals surface area contributed by atoms with E-state index in [0.29, 0.717) is 65.1 Å². The number of aryl methyl sites for hydroxylation is 4. The summed E-state index contributed by atoms with van der Waals surface area (Å²) in [5.41, 5.74) is 15.9. The van der Waals surface area contributed by atoms with E-state index in [2.05, 4.69) is 20.8 Å². The second-order valence-corrected chi connectivity index (χ2v) is 16.1. The van der Waals surface area contributed by atoms with Crippen LogP contribution < -0.4 is 22.1 Å². The number of aromatic nitrogens is 8. The topological polar surface area (TPSA) is 245 Å². The monoisotopic (exact) mass is 849 g/mol. The molecular formula is C43H55N13O6. The molecule has 6 N–H and O–H groups in total. The molecule has 5 heterocycles. The fraction of sp³-hybridized carbons (Fsp3) is 0.419. The minimum absolute atomic E-state index is 0. The Labute approximate surface area is 358 Å². The van der Waals surface area contributed by atoms with Gasteiger partial charge in [0, 0.05) is 56.0 Å². The Balaban J connectivity index is 0.00000641. The second-order valence-electron chi connectivity index (χ2n) is 16.1. The lowest BCUT2D eigenvalue weighted by Crippen LogP contribution is -2.40. The van der Waals surface area contributed by atoms with Gasteiger partial charge in [0.25, 0.3) is 11.8 Å². The van der Waals surface area contributed by atoms with Crippen LogP contribution in [0, 0.1) is 13.8 Å². The molecule has 328 valence electrons. The number of primary amides is 2. The van der Waals surface area contributed by atoms with Crippen molar-refractivity contribution in [1.82, 2.24) is 43.6 Å². The first-order valence-electron chi connectivity index (χ1n) is 20.3. The Morgan fingerprint density at radius 2 is 1.32 bits per heavy atom. The van der Waals surface area contributed by atoms with Crippen LogP contribution in [0.15, 0.2) is 42.5 Å². The van der Waals surface area contributed by atoms with E-state index in [1.165, 1.54) is 4.90 Å². The van der Waals surface area contributed by atoms with Gasteiger partial charge in [0.05, 0.1) is 33.5 Å². The number of anilines is 2. The molecular weight excluding hydrogens is 795 g/mol. The van der Waals surface area contributed by atoms with E-state index in [1.807, 2.05) is 20.8 Å². The number of ether oxygens (including phenoxy) is 1.